The van der Waals surface area contributed by atoms with Gasteiger partial charge < -0.3 is 4.90 Å². The second-order valence-electron chi connectivity index (χ2n) is 4.53. The highest BCUT2D eigenvalue weighted by molar-refractivity contribution is 6.33. The zero-order chi connectivity index (χ0) is 15.4. The van der Waals surface area contributed by atoms with Crippen molar-refractivity contribution in [3.63, 3.8) is 0 Å². The molecule has 0 spiro atoms. The van der Waals surface area contributed by atoms with Crippen LogP contribution in [0.4, 0.5) is 11.4 Å². The van der Waals surface area contributed by atoms with Crippen LogP contribution in [0.15, 0.2) is 42.5 Å². The van der Waals surface area contributed by atoms with Crippen molar-refractivity contribution < 1.29 is 4.92 Å². The molecule has 0 radical (unpaired) electrons. The molecule has 106 valence electrons. The quantitative estimate of drug-likeness (QED) is 0.637. The Morgan fingerprint density at radius 1 is 1.33 bits per heavy atom. The molecule has 2 aromatic carbocycles. The van der Waals surface area contributed by atoms with Crippen LogP contribution in [0.2, 0.25) is 5.02 Å². The molecule has 0 amide bonds. The van der Waals surface area contributed by atoms with Crippen molar-refractivity contribution in [3.05, 3.63) is 68.7 Å². The summed E-state index contributed by atoms with van der Waals surface area (Å²) in [4.78, 5) is 12.4. The summed E-state index contributed by atoms with van der Waals surface area (Å²) in [5.41, 5.74) is 1.76. The minimum Gasteiger partial charge on any atom is -0.363 e. The van der Waals surface area contributed by atoms with Gasteiger partial charge in [-0.05, 0) is 23.8 Å². The first-order chi connectivity index (χ1) is 10.0. The molecule has 0 aliphatic heterocycles. The average molecular weight is 302 g/mol. The summed E-state index contributed by atoms with van der Waals surface area (Å²) in [6.07, 6.45) is 0. The first-order valence-corrected chi connectivity index (χ1v) is 6.54. The smallest absolute Gasteiger partial charge is 0.294 e. The SMILES string of the molecule is CN(Cc1cccc(C#N)c1)c1c(Cl)cccc1[N+](=O)[O-]. The lowest BCUT2D eigenvalue weighted by Gasteiger charge is -2.20. The monoisotopic (exact) mass is 301 g/mol. The van der Waals surface area contributed by atoms with Crippen LogP contribution in [0.3, 0.4) is 0 Å². The number of rotatable bonds is 4. The number of halogens is 1. The molecular weight excluding hydrogens is 290 g/mol. The first kappa shape index (κ1) is 14.8. The molecule has 0 saturated heterocycles. The zero-order valence-corrected chi connectivity index (χ0v) is 12.0. The van der Waals surface area contributed by atoms with E-state index in [1.165, 1.54) is 6.07 Å². The van der Waals surface area contributed by atoms with Crippen molar-refractivity contribution in [3.8, 4) is 6.07 Å². The Morgan fingerprint density at radius 2 is 2.05 bits per heavy atom. The van der Waals surface area contributed by atoms with Crippen molar-refractivity contribution in [2.45, 2.75) is 6.54 Å². The van der Waals surface area contributed by atoms with E-state index in [4.69, 9.17) is 16.9 Å². The lowest BCUT2D eigenvalue weighted by atomic mass is 10.1. The summed E-state index contributed by atoms with van der Waals surface area (Å²) in [6.45, 7) is 0.417. The van der Waals surface area contributed by atoms with Crippen LogP contribution < -0.4 is 4.90 Å². The molecule has 0 N–H and O–H groups in total. The standard InChI is InChI=1S/C15H12ClN3O2/c1-18(10-12-5-2-4-11(8-12)9-17)15-13(16)6-3-7-14(15)19(20)21/h2-8H,10H2,1H3. The summed E-state index contributed by atoms with van der Waals surface area (Å²) < 4.78 is 0. The lowest BCUT2D eigenvalue weighted by Crippen LogP contribution is -2.18. The Balaban J connectivity index is 2.34. The maximum Gasteiger partial charge on any atom is 0.294 e. The van der Waals surface area contributed by atoms with E-state index in [-0.39, 0.29) is 5.69 Å². The van der Waals surface area contributed by atoms with Crippen LogP contribution in [0.25, 0.3) is 0 Å². The van der Waals surface area contributed by atoms with Gasteiger partial charge in [0.05, 0.1) is 21.6 Å². The van der Waals surface area contributed by atoms with Crippen molar-refractivity contribution in [1.82, 2.24) is 0 Å². The fourth-order valence-corrected chi connectivity index (χ4v) is 2.44. The van der Waals surface area contributed by atoms with E-state index in [0.29, 0.717) is 22.8 Å². The highest BCUT2D eigenvalue weighted by Crippen LogP contribution is 2.35. The molecule has 0 heterocycles. The molecule has 0 aliphatic carbocycles. The topological polar surface area (TPSA) is 70.2 Å². The number of nitrogens with zero attached hydrogens (tertiary/aromatic N) is 3. The van der Waals surface area contributed by atoms with E-state index < -0.39 is 4.92 Å². The highest BCUT2D eigenvalue weighted by atomic mass is 35.5. The van der Waals surface area contributed by atoms with Gasteiger partial charge in [0.1, 0.15) is 5.69 Å². The molecule has 6 heteroatoms. The van der Waals surface area contributed by atoms with Crippen LogP contribution >= 0.6 is 11.6 Å². The Bertz CT molecular complexity index is 725. The van der Waals surface area contributed by atoms with Crippen molar-refractivity contribution >= 4 is 23.0 Å². The molecule has 0 saturated carbocycles. The van der Waals surface area contributed by atoms with Gasteiger partial charge in [0, 0.05) is 19.7 Å². The van der Waals surface area contributed by atoms with Crippen LogP contribution in [0, 0.1) is 21.4 Å². The number of nitro benzene ring substituents is 1. The molecule has 2 aromatic rings. The Labute approximate surface area is 127 Å². The third-order valence-electron chi connectivity index (χ3n) is 3.02. The summed E-state index contributed by atoms with van der Waals surface area (Å²) in [5, 5.41) is 20.3. The second-order valence-corrected chi connectivity index (χ2v) is 4.94. The summed E-state index contributed by atoms with van der Waals surface area (Å²) in [7, 11) is 1.73. The number of hydrogen-bond donors (Lipinski definition) is 0. The molecule has 0 fully saturated rings. The summed E-state index contributed by atoms with van der Waals surface area (Å²) in [5.74, 6) is 0. The van der Waals surface area contributed by atoms with E-state index in [1.807, 2.05) is 6.07 Å². The molecule has 0 bridgehead atoms. The van der Waals surface area contributed by atoms with Crippen molar-refractivity contribution in [1.29, 1.82) is 5.26 Å². The Kier molecular flexibility index (Phi) is 4.41. The molecule has 2 rings (SSSR count). The van der Waals surface area contributed by atoms with Gasteiger partial charge in [-0.25, -0.2) is 0 Å². The fourth-order valence-electron chi connectivity index (χ4n) is 2.12. The number of hydrogen-bond acceptors (Lipinski definition) is 4. The van der Waals surface area contributed by atoms with Gasteiger partial charge in [-0.3, -0.25) is 10.1 Å². The molecule has 0 unspecified atom stereocenters. The molecule has 0 aromatic heterocycles. The van der Waals surface area contributed by atoms with Gasteiger partial charge in [-0.2, -0.15) is 5.26 Å². The fraction of sp³-hybridized carbons (Fsp3) is 0.133. The normalized spacial score (nSPS) is 9.95. The first-order valence-electron chi connectivity index (χ1n) is 6.16. The maximum absolute atomic E-state index is 11.1. The zero-order valence-electron chi connectivity index (χ0n) is 11.3. The number of para-hydroxylation sites is 1. The van der Waals surface area contributed by atoms with E-state index in [1.54, 1.807) is 42.3 Å². The summed E-state index contributed by atoms with van der Waals surface area (Å²) >= 11 is 6.09. The van der Waals surface area contributed by atoms with Crippen LogP contribution in [-0.4, -0.2) is 12.0 Å². The minimum absolute atomic E-state index is 0.0403. The molecule has 0 atom stereocenters. The Morgan fingerprint density at radius 3 is 2.71 bits per heavy atom. The van der Waals surface area contributed by atoms with Gasteiger partial charge in [0.15, 0.2) is 0 Å². The van der Waals surface area contributed by atoms with E-state index >= 15 is 0 Å². The number of nitro groups is 1. The van der Waals surface area contributed by atoms with Crippen molar-refractivity contribution in [2.24, 2.45) is 0 Å². The van der Waals surface area contributed by atoms with Crippen LogP contribution in [0.5, 0.6) is 0 Å². The van der Waals surface area contributed by atoms with Crippen LogP contribution in [-0.2, 0) is 6.54 Å². The van der Waals surface area contributed by atoms with E-state index in [9.17, 15) is 10.1 Å². The van der Waals surface area contributed by atoms with E-state index in [2.05, 4.69) is 6.07 Å². The lowest BCUT2D eigenvalue weighted by molar-refractivity contribution is -0.384. The molecular formula is C15H12ClN3O2. The third kappa shape index (κ3) is 3.30. The second kappa shape index (κ2) is 6.25. The molecule has 21 heavy (non-hydrogen) atoms. The van der Waals surface area contributed by atoms with Gasteiger partial charge in [-0.15, -0.1) is 0 Å². The Hall–Kier alpha value is -2.58. The minimum atomic E-state index is -0.455. The van der Waals surface area contributed by atoms with E-state index in [0.717, 1.165) is 5.56 Å². The largest absolute Gasteiger partial charge is 0.363 e. The van der Waals surface area contributed by atoms with Crippen molar-refractivity contribution in [2.75, 3.05) is 11.9 Å². The maximum atomic E-state index is 11.1. The predicted molar refractivity (Wildman–Crippen MR) is 81.4 cm³/mol. The van der Waals surface area contributed by atoms with Gasteiger partial charge in [0.25, 0.3) is 5.69 Å². The number of nitriles is 1. The van der Waals surface area contributed by atoms with Crippen LogP contribution in [0.1, 0.15) is 11.1 Å². The van der Waals surface area contributed by atoms with Gasteiger partial charge in [-0.1, -0.05) is 29.8 Å². The number of anilines is 1. The third-order valence-corrected chi connectivity index (χ3v) is 3.32. The molecule has 5 nitrogen and oxygen atoms in total. The average Bonchev–Trinajstić information content (AvgIpc) is 2.46. The van der Waals surface area contributed by atoms with Gasteiger partial charge in [0.2, 0.25) is 0 Å². The summed E-state index contributed by atoms with van der Waals surface area (Å²) in [6, 6.07) is 13.8. The van der Waals surface area contributed by atoms with Gasteiger partial charge >= 0.3 is 0 Å². The number of benzene rings is 2. The molecule has 0 aliphatic rings. The highest BCUT2D eigenvalue weighted by Gasteiger charge is 2.20. The predicted octanol–water partition coefficient (Wildman–Crippen LogP) is 3.76.